The summed E-state index contributed by atoms with van der Waals surface area (Å²) < 4.78 is 0. The van der Waals surface area contributed by atoms with Crippen molar-refractivity contribution in [3.05, 3.63) is 29.3 Å². The molecule has 0 saturated carbocycles. The number of halogens is 1. The van der Waals surface area contributed by atoms with E-state index in [1.807, 2.05) is 6.07 Å². The van der Waals surface area contributed by atoms with E-state index in [0.29, 0.717) is 11.1 Å². The zero-order chi connectivity index (χ0) is 12.3. The van der Waals surface area contributed by atoms with Gasteiger partial charge in [0.15, 0.2) is 0 Å². The first kappa shape index (κ1) is 15.7. The molecule has 0 radical (unpaired) electrons. The first-order valence-electron chi connectivity index (χ1n) is 5.02. The zero-order valence-electron chi connectivity index (χ0n) is 9.84. The molecule has 4 nitrogen and oxygen atoms in total. The minimum Gasteiger partial charge on any atom is -0.508 e. The Bertz CT molecular complexity index is 427. The van der Waals surface area contributed by atoms with Crippen LogP contribution in [-0.2, 0) is 0 Å². The molecule has 0 aliphatic heterocycles. The van der Waals surface area contributed by atoms with Crippen molar-refractivity contribution >= 4 is 12.4 Å². The lowest BCUT2D eigenvalue weighted by Gasteiger charge is -2.30. The fourth-order valence-electron chi connectivity index (χ4n) is 1.39. The van der Waals surface area contributed by atoms with Gasteiger partial charge in [0.1, 0.15) is 5.75 Å². The number of nitriles is 1. The summed E-state index contributed by atoms with van der Waals surface area (Å²) in [5, 5.41) is 27.7. The van der Waals surface area contributed by atoms with E-state index in [2.05, 4.69) is 0 Å². The molecule has 4 N–H and O–H groups in total. The second kappa shape index (κ2) is 5.87. The van der Waals surface area contributed by atoms with Crippen molar-refractivity contribution in [2.24, 2.45) is 11.1 Å². The molecule has 0 unspecified atom stereocenters. The largest absolute Gasteiger partial charge is 0.508 e. The van der Waals surface area contributed by atoms with Crippen molar-refractivity contribution in [2.45, 2.75) is 19.9 Å². The van der Waals surface area contributed by atoms with Gasteiger partial charge in [-0.1, -0.05) is 13.8 Å². The highest BCUT2D eigenvalue weighted by atomic mass is 35.5. The summed E-state index contributed by atoms with van der Waals surface area (Å²) >= 11 is 0. The van der Waals surface area contributed by atoms with Crippen molar-refractivity contribution < 1.29 is 10.2 Å². The highest BCUT2D eigenvalue weighted by Crippen LogP contribution is 2.35. The Morgan fingerprint density at radius 1 is 1.47 bits per heavy atom. The molecular formula is C12H17ClN2O2. The smallest absolute Gasteiger partial charge is 0.120 e. The Hall–Kier alpha value is -1.28. The summed E-state index contributed by atoms with van der Waals surface area (Å²) in [6, 6.07) is 5.99. The SMILES string of the molecule is CC(C)(CO)[C@H](N)c1cc(C#N)ccc1O.Cl. The van der Waals surface area contributed by atoms with Gasteiger partial charge in [0.05, 0.1) is 11.6 Å². The molecular weight excluding hydrogens is 240 g/mol. The molecule has 1 aromatic carbocycles. The first-order valence-corrected chi connectivity index (χ1v) is 5.02. The molecule has 1 aromatic rings. The van der Waals surface area contributed by atoms with Crippen LogP contribution in [0.25, 0.3) is 0 Å². The van der Waals surface area contributed by atoms with E-state index in [1.165, 1.54) is 12.1 Å². The van der Waals surface area contributed by atoms with Crippen molar-refractivity contribution in [3.8, 4) is 11.8 Å². The van der Waals surface area contributed by atoms with Crippen LogP contribution < -0.4 is 5.73 Å². The molecule has 1 rings (SSSR count). The number of nitrogens with two attached hydrogens (primary N) is 1. The van der Waals surface area contributed by atoms with Gasteiger partial charge in [-0.3, -0.25) is 0 Å². The quantitative estimate of drug-likeness (QED) is 0.768. The van der Waals surface area contributed by atoms with E-state index in [1.54, 1.807) is 19.9 Å². The Balaban J connectivity index is 0.00000256. The standard InChI is InChI=1S/C12H16N2O2.ClH/c1-12(2,7-15)11(14)9-5-8(6-13)3-4-10(9)16;/h3-5,11,15-16H,7,14H2,1-2H3;1H/t11-;/m1./s1. The van der Waals surface area contributed by atoms with Gasteiger partial charge >= 0.3 is 0 Å². The molecule has 0 saturated heterocycles. The van der Waals surface area contributed by atoms with Crippen molar-refractivity contribution in [2.75, 3.05) is 6.61 Å². The van der Waals surface area contributed by atoms with E-state index in [0.717, 1.165) is 0 Å². The normalized spacial score (nSPS) is 12.4. The second-order valence-electron chi connectivity index (χ2n) is 4.51. The molecule has 0 aromatic heterocycles. The molecule has 0 aliphatic rings. The number of aromatic hydroxyl groups is 1. The highest BCUT2D eigenvalue weighted by molar-refractivity contribution is 5.85. The van der Waals surface area contributed by atoms with Crippen LogP contribution in [0, 0.1) is 16.7 Å². The molecule has 0 aliphatic carbocycles. The Labute approximate surface area is 107 Å². The van der Waals surface area contributed by atoms with Crippen LogP contribution >= 0.6 is 12.4 Å². The fraction of sp³-hybridized carbons (Fsp3) is 0.417. The molecule has 5 heteroatoms. The van der Waals surface area contributed by atoms with Crippen LogP contribution in [0.4, 0.5) is 0 Å². The highest BCUT2D eigenvalue weighted by Gasteiger charge is 2.28. The summed E-state index contributed by atoms with van der Waals surface area (Å²) in [6.45, 7) is 3.51. The van der Waals surface area contributed by atoms with Gasteiger partial charge in [-0.05, 0) is 18.2 Å². The van der Waals surface area contributed by atoms with E-state index < -0.39 is 11.5 Å². The Kier molecular flexibility index (Phi) is 5.43. The number of aliphatic hydroxyl groups is 1. The first-order chi connectivity index (χ1) is 7.42. The number of rotatable bonds is 3. The molecule has 0 bridgehead atoms. The van der Waals surface area contributed by atoms with Gasteiger partial charge in [-0.2, -0.15) is 5.26 Å². The van der Waals surface area contributed by atoms with E-state index in [9.17, 15) is 10.2 Å². The van der Waals surface area contributed by atoms with Gasteiger partial charge in [0, 0.05) is 23.6 Å². The fourth-order valence-corrected chi connectivity index (χ4v) is 1.39. The maximum atomic E-state index is 9.69. The molecule has 0 fully saturated rings. The maximum absolute atomic E-state index is 9.69. The van der Waals surface area contributed by atoms with Crippen LogP contribution in [-0.4, -0.2) is 16.8 Å². The van der Waals surface area contributed by atoms with Crippen LogP contribution in [0.2, 0.25) is 0 Å². The molecule has 0 amide bonds. The third kappa shape index (κ3) is 3.34. The minimum atomic E-state index is -0.550. The number of aliphatic hydroxyl groups excluding tert-OH is 1. The topological polar surface area (TPSA) is 90.3 Å². The monoisotopic (exact) mass is 256 g/mol. The Morgan fingerprint density at radius 2 is 2.06 bits per heavy atom. The van der Waals surface area contributed by atoms with Gasteiger partial charge in [0.25, 0.3) is 0 Å². The number of phenols is 1. The van der Waals surface area contributed by atoms with Crippen LogP contribution in [0.1, 0.15) is 31.0 Å². The summed E-state index contributed by atoms with van der Waals surface area (Å²) in [5.74, 6) is 0.0491. The van der Waals surface area contributed by atoms with Crippen LogP contribution in [0.5, 0.6) is 5.75 Å². The zero-order valence-corrected chi connectivity index (χ0v) is 10.7. The number of benzene rings is 1. The summed E-state index contributed by atoms with van der Waals surface area (Å²) in [4.78, 5) is 0. The van der Waals surface area contributed by atoms with Gasteiger partial charge < -0.3 is 15.9 Å². The molecule has 17 heavy (non-hydrogen) atoms. The summed E-state index contributed by atoms with van der Waals surface area (Å²) in [7, 11) is 0. The van der Waals surface area contributed by atoms with Crippen LogP contribution in [0.3, 0.4) is 0 Å². The third-order valence-electron chi connectivity index (χ3n) is 2.74. The lowest BCUT2D eigenvalue weighted by Crippen LogP contribution is -2.32. The summed E-state index contributed by atoms with van der Waals surface area (Å²) in [5.41, 5.74) is 6.35. The predicted octanol–water partition coefficient (Wildman–Crippen LogP) is 1.70. The second-order valence-corrected chi connectivity index (χ2v) is 4.51. The maximum Gasteiger partial charge on any atom is 0.120 e. The van der Waals surface area contributed by atoms with Gasteiger partial charge in [-0.15, -0.1) is 12.4 Å². The minimum absolute atomic E-state index is 0. The lowest BCUT2D eigenvalue weighted by atomic mass is 9.81. The molecule has 0 spiro atoms. The molecule has 94 valence electrons. The average Bonchev–Trinajstić information content (AvgIpc) is 2.29. The third-order valence-corrected chi connectivity index (χ3v) is 2.74. The molecule has 0 heterocycles. The van der Waals surface area contributed by atoms with Crippen molar-refractivity contribution in [1.82, 2.24) is 0 Å². The van der Waals surface area contributed by atoms with E-state index >= 15 is 0 Å². The van der Waals surface area contributed by atoms with Crippen LogP contribution in [0.15, 0.2) is 18.2 Å². The Morgan fingerprint density at radius 3 is 2.53 bits per heavy atom. The van der Waals surface area contributed by atoms with Crippen molar-refractivity contribution in [3.63, 3.8) is 0 Å². The number of hydrogen-bond acceptors (Lipinski definition) is 4. The van der Waals surface area contributed by atoms with E-state index in [4.69, 9.17) is 11.0 Å². The predicted molar refractivity (Wildman–Crippen MR) is 67.9 cm³/mol. The van der Waals surface area contributed by atoms with E-state index in [-0.39, 0.29) is 24.8 Å². The lowest BCUT2D eigenvalue weighted by molar-refractivity contribution is 0.131. The average molecular weight is 257 g/mol. The molecule has 1 atom stereocenters. The van der Waals surface area contributed by atoms with Gasteiger partial charge in [-0.25, -0.2) is 0 Å². The van der Waals surface area contributed by atoms with Crippen molar-refractivity contribution in [1.29, 1.82) is 5.26 Å². The number of hydrogen-bond donors (Lipinski definition) is 3. The summed E-state index contributed by atoms with van der Waals surface area (Å²) in [6.07, 6.45) is 0. The number of nitrogens with zero attached hydrogens (tertiary/aromatic N) is 1. The van der Waals surface area contributed by atoms with Gasteiger partial charge in [0.2, 0.25) is 0 Å². The number of phenolic OH excluding ortho intramolecular Hbond substituents is 1.